The molecule has 0 bridgehead atoms. The molecule has 0 spiro atoms. The van der Waals surface area contributed by atoms with E-state index in [2.05, 4.69) is 0 Å². The largest absolute Gasteiger partial charge is 0.482 e. The first kappa shape index (κ1) is 12.8. The van der Waals surface area contributed by atoms with Gasteiger partial charge in [-0.2, -0.15) is 5.26 Å². The second-order valence-electron chi connectivity index (χ2n) is 3.38. The number of rotatable bonds is 5. The number of benzene rings is 1. The van der Waals surface area contributed by atoms with Crippen molar-refractivity contribution < 1.29 is 14.3 Å². The van der Waals surface area contributed by atoms with Crippen molar-refractivity contribution in [1.82, 2.24) is 0 Å². The molecule has 0 heterocycles. The van der Waals surface area contributed by atoms with Crippen LogP contribution in [0.25, 0.3) is 0 Å². The Morgan fingerprint density at radius 1 is 1.59 bits per heavy atom. The number of hydrogen-bond donors (Lipinski definition) is 1. The Kier molecular flexibility index (Phi) is 4.82. The van der Waals surface area contributed by atoms with Crippen molar-refractivity contribution in [2.45, 2.75) is 19.4 Å². The quantitative estimate of drug-likeness (QED) is 0.616. The number of esters is 1. The molecule has 0 aromatic heterocycles. The molecule has 0 fully saturated rings. The Labute approximate surface area is 99.7 Å². The van der Waals surface area contributed by atoms with Gasteiger partial charge in [0.2, 0.25) is 0 Å². The summed E-state index contributed by atoms with van der Waals surface area (Å²) < 4.78 is 10.0. The molecule has 2 N–H and O–H groups in total. The molecule has 17 heavy (non-hydrogen) atoms. The van der Waals surface area contributed by atoms with Crippen LogP contribution in [0.15, 0.2) is 24.3 Å². The molecule has 1 atom stereocenters. The normalized spacial score (nSPS) is 11.3. The van der Waals surface area contributed by atoms with Gasteiger partial charge in [0.15, 0.2) is 12.7 Å². The van der Waals surface area contributed by atoms with E-state index in [1.54, 1.807) is 31.2 Å². The molecule has 0 aliphatic heterocycles. The van der Waals surface area contributed by atoms with Gasteiger partial charge in [-0.3, -0.25) is 0 Å². The molecular weight excluding hydrogens is 220 g/mol. The monoisotopic (exact) mass is 234 g/mol. The zero-order valence-electron chi connectivity index (χ0n) is 9.55. The molecule has 0 saturated carbocycles. The number of carbonyl (C=O) groups is 1. The molecule has 0 aliphatic rings. The van der Waals surface area contributed by atoms with E-state index in [0.29, 0.717) is 17.9 Å². The number of ether oxygens (including phenoxy) is 2. The van der Waals surface area contributed by atoms with Crippen LogP contribution in [-0.4, -0.2) is 18.7 Å². The SMILES string of the molecule is CCC(C#N)OC(=O)COc1cccc(N)c1. The average Bonchev–Trinajstić information content (AvgIpc) is 2.33. The smallest absolute Gasteiger partial charge is 0.345 e. The molecule has 1 aromatic rings. The zero-order chi connectivity index (χ0) is 12.7. The van der Waals surface area contributed by atoms with Crippen molar-refractivity contribution in [3.8, 4) is 11.8 Å². The first-order chi connectivity index (χ1) is 8.15. The maximum absolute atomic E-state index is 11.3. The van der Waals surface area contributed by atoms with Crippen molar-refractivity contribution in [3.63, 3.8) is 0 Å². The number of carbonyl (C=O) groups excluding carboxylic acids is 1. The van der Waals surface area contributed by atoms with Crippen molar-refractivity contribution in [2.24, 2.45) is 0 Å². The van der Waals surface area contributed by atoms with Crippen LogP contribution in [0, 0.1) is 11.3 Å². The average molecular weight is 234 g/mol. The molecule has 1 rings (SSSR count). The van der Waals surface area contributed by atoms with Crippen LogP contribution in [0.2, 0.25) is 0 Å². The number of nitriles is 1. The summed E-state index contributed by atoms with van der Waals surface area (Å²) in [7, 11) is 0. The summed E-state index contributed by atoms with van der Waals surface area (Å²) in [5.41, 5.74) is 6.10. The fraction of sp³-hybridized carbons (Fsp3) is 0.333. The van der Waals surface area contributed by atoms with E-state index in [0.717, 1.165) is 0 Å². The van der Waals surface area contributed by atoms with Crippen LogP contribution in [0.1, 0.15) is 13.3 Å². The molecule has 0 aliphatic carbocycles. The first-order valence-corrected chi connectivity index (χ1v) is 5.23. The van der Waals surface area contributed by atoms with Gasteiger partial charge >= 0.3 is 5.97 Å². The van der Waals surface area contributed by atoms with Crippen LogP contribution in [0.4, 0.5) is 5.69 Å². The van der Waals surface area contributed by atoms with Crippen LogP contribution >= 0.6 is 0 Å². The Hall–Kier alpha value is -2.22. The second kappa shape index (κ2) is 6.38. The summed E-state index contributed by atoms with van der Waals surface area (Å²) in [4.78, 5) is 11.3. The fourth-order valence-corrected chi connectivity index (χ4v) is 1.14. The summed E-state index contributed by atoms with van der Waals surface area (Å²) in [6.07, 6.45) is -0.257. The van der Waals surface area contributed by atoms with Gasteiger partial charge in [0.25, 0.3) is 0 Å². The van der Waals surface area contributed by atoms with Crippen molar-refractivity contribution in [1.29, 1.82) is 5.26 Å². The standard InChI is InChI=1S/C12H14N2O3/c1-2-10(7-13)17-12(15)8-16-11-5-3-4-9(14)6-11/h3-6,10H,2,8,14H2,1H3. The van der Waals surface area contributed by atoms with Crippen molar-refractivity contribution in [2.75, 3.05) is 12.3 Å². The maximum atomic E-state index is 11.3. The summed E-state index contributed by atoms with van der Waals surface area (Å²) in [6, 6.07) is 8.60. The van der Waals surface area contributed by atoms with Gasteiger partial charge in [0.1, 0.15) is 11.8 Å². The number of nitrogen functional groups attached to an aromatic ring is 1. The molecule has 90 valence electrons. The predicted molar refractivity (Wildman–Crippen MR) is 62.1 cm³/mol. The number of nitrogens with two attached hydrogens (primary N) is 1. The van der Waals surface area contributed by atoms with E-state index in [1.165, 1.54) is 0 Å². The fourth-order valence-electron chi connectivity index (χ4n) is 1.14. The van der Waals surface area contributed by atoms with E-state index in [9.17, 15) is 4.79 Å². The zero-order valence-corrected chi connectivity index (χ0v) is 9.55. The van der Waals surface area contributed by atoms with Gasteiger partial charge in [-0.15, -0.1) is 0 Å². The topological polar surface area (TPSA) is 85.3 Å². The number of nitrogens with zero attached hydrogens (tertiary/aromatic N) is 1. The summed E-state index contributed by atoms with van der Waals surface area (Å²) >= 11 is 0. The number of anilines is 1. The third kappa shape index (κ3) is 4.43. The Morgan fingerprint density at radius 3 is 2.94 bits per heavy atom. The lowest BCUT2D eigenvalue weighted by atomic mass is 10.3. The minimum Gasteiger partial charge on any atom is -0.482 e. The molecular formula is C12H14N2O3. The Morgan fingerprint density at radius 2 is 2.35 bits per heavy atom. The van der Waals surface area contributed by atoms with E-state index in [-0.39, 0.29) is 6.61 Å². The van der Waals surface area contributed by atoms with Crippen LogP contribution in [0.3, 0.4) is 0 Å². The third-order valence-electron chi connectivity index (χ3n) is 2.00. The Balaban J connectivity index is 2.41. The third-order valence-corrected chi connectivity index (χ3v) is 2.00. The predicted octanol–water partition coefficient (Wildman–Crippen LogP) is 1.49. The van der Waals surface area contributed by atoms with E-state index in [1.807, 2.05) is 6.07 Å². The highest BCUT2D eigenvalue weighted by atomic mass is 16.6. The summed E-state index contributed by atoms with van der Waals surface area (Å²) in [5.74, 6) is -0.0761. The van der Waals surface area contributed by atoms with Gasteiger partial charge in [-0.1, -0.05) is 13.0 Å². The van der Waals surface area contributed by atoms with Gasteiger partial charge < -0.3 is 15.2 Å². The minimum absolute atomic E-state index is 0.234. The number of hydrogen-bond acceptors (Lipinski definition) is 5. The molecule has 5 heteroatoms. The van der Waals surface area contributed by atoms with Gasteiger partial charge in [-0.05, 0) is 18.6 Å². The van der Waals surface area contributed by atoms with Crippen LogP contribution < -0.4 is 10.5 Å². The van der Waals surface area contributed by atoms with E-state index in [4.69, 9.17) is 20.5 Å². The molecule has 1 unspecified atom stereocenters. The van der Waals surface area contributed by atoms with E-state index < -0.39 is 12.1 Å². The molecule has 1 aromatic carbocycles. The minimum atomic E-state index is -0.716. The Bertz CT molecular complexity index is 426. The maximum Gasteiger partial charge on any atom is 0.345 e. The lowest BCUT2D eigenvalue weighted by molar-refractivity contribution is -0.149. The summed E-state index contributed by atoms with van der Waals surface area (Å²) in [6.45, 7) is 1.53. The highest BCUT2D eigenvalue weighted by molar-refractivity contribution is 5.71. The summed E-state index contributed by atoms with van der Waals surface area (Å²) in [5, 5.41) is 8.61. The lowest BCUT2D eigenvalue weighted by Crippen LogP contribution is -2.21. The lowest BCUT2D eigenvalue weighted by Gasteiger charge is -2.09. The van der Waals surface area contributed by atoms with Crippen molar-refractivity contribution in [3.05, 3.63) is 24.3 Å². The van der Waals surface area contributed by atoms with Crippen LogP contribution in [0.5, 0.6) is 5.75 Å². The van der Waals surface area contributed by atoms with E-state index >= 15 is 0 Å². The molecule has 0 saturated heterocycles. The highest BCUT2D eigenvalue weighted by Gasteiger charge is 2.11. The highest BCUT2D eigenvalue weighted by Crippen LogP contribution is 2.14. The molecule has 5 nitrogen and oxygen atoms in total. The second-order valence-corrected chi connectivity index (χ2v) is 3.38. The molecule has 0 amide bonds. The van der Waals surface area contributed by atoms with Crippen LogP contribution in [-0.2, 0) is 9.53 Å². The van der Waals surface area contributed by atoms with Gasteiger partial charge in [0.05, 0.1) is 0 Å². The van der Waals surface area contributed by atoms with Crippen molar-refractivity contribution >= 4 is 11.7 Å². The first-order valence-electron chi connectivity index (χ1n) is 5.23. The molecule has 0 radical (unpaired) electrons. The van der Waals surface area contributed by atoms with Gasteiger partial charge in [-0.25, -0.2) is 4.79 Å². The van der Waals surface area contributed by atoms with Gasteiger partial charge in [0, 0.05) is 11.8 Å².